The van der Waals surface area contributed by atoms with Crippen molar-refractivity contribution in [3.63, 3.8) is 0 Å². The molecule has 0 saturated carbocycles. The molecular weight excluding hydrogens is 342 g/mol. The standard InChI is InChI=1S/C21H33N3O3/c1-4-27-21(26)14-19(13-16(2)3)24-20(25)8-6-5-7-17-9-11-18(12-10-17)15-23-22/h9-12,15-16,19H,4-8,13-14,22H2,1-3H3,(H,24,25). The number of amides is 1. The number of hydrazone groups is 1. The second-order valence-corrected chi connectivity index (χ2v) is 7.13. The lowest BCUT2D eigenvalue weighted by Gasteiger charge is -2.20. The summed E-state index contributed by atoms with van der Waals surface area (Å²) in [5.74, 6) is 5.28. The molecule has 1 atom stereocenters. The average molecular weight is 376 g/mol. The molecule has 0 radical (unpaired) electrons. The Bertz CT molecular complexity index is 597. The Labute approximate surface area is 162 Å². The first kappa shape index (κ1) is 22.7. The molecule has 1 amide bonds. The van der Waals surface area contributed by atoms with Gasteiger partial charge in [0.2, 0.25) is 5.91 Å². The Balaban J connectivity index is 2.35. The largest absolute Gasteiger partial charge is 0.466 e. The molecule has 0 spiro atoms. The first-order chi connectivity index (χ1) is 12.9. The van der Waals surface area contributed by atoms with E-state index in [-0.39, 0.29) is 24.3 Å². The summed E-state index contributed by atoms with van der Waals surface area (Å²) in [7, 11) is 0. The third-order valence-corrected chi connectivity index (χ3v) is 4.16. The number of nitrogens with zero attached hydrogens (tertiary/aromatic N) is 1. The summed E-state index contributed by atoms with van der Waals surface area (Å²) in [6.45, 7) is 6.30. The predicted molar refractivity (Wildman–Crippen MR) is 108 cm³/mol. The van der Waals surface area contributed by atoms with Crippen LogP contribution in [-0.4, -0.2) is 30.7 Å². The van der Waals surface area contributed by atoms with Gasteiger partial charge in [-0.05, 0) is 49.7 Å². The minimum absolute atomic E-state index is 0.000506. The van der Waals surface area contributed by atoms with Gasteiger partial charge >= 0.3 is 5.97 Å². The summed E-state index contributed by atoms with van der Waals surface area (Å²) in [5.41, 5.74) is 2.20. The highest BCUT2D eigenvalue weighted by molar-refractivity contribution is 5.79. The van der Waals surface area contributed by atoms with Gasteiger partial charge in [-0.3, -0.25) is 9.59 Å². The van der Waals surface area contributed by atoms with Gasteiger partial charge in [-0.25, -0.2) is 0 Å². The van der Waals surface area contributed by atoms with E-state index in [1.165, 1.54) is 5.56 Å². The van der Waals surface area contributed by atoms with Crippen LogP contribution in [0.2, 0.25) is 0 Å². The minimum atomic E-state index is -0.258. The van der Waals surface area contributed by atoms with Crippen molar-refractivity contribution in [2.45, 2.75) is 65.3 Å². The molecule has 6 nitrogen and oxygen atoms in total. The highest BCUT2D eigenvalue weighted by Gasteiger charge is 2.18. The number of carbonyl (C=O) groups excluding carboxylic acids is 2. The number of benzene rings is 1. The third-order valence-electron chi connectivity index (χ3n) is 4.16. The van der Waals surface area contributed by atoms with Gasteiger partial charge in [0.15, 0.2) is 0 Å². The summed E-state index contributed by atoms with van der Waals surface area (Å²) in [6, 6.07) is 7.90. The zero-order chi connectivity index (χ0) is 20.1. The normalized spacial score (nSPS) is 12.3. The summed E-state index contributed by atoms with van der Waals surface area (Å²) >= 11 is 0. The zero-order valence-electron chi connectivity index (χ0n) is 16.7. The van der Waals surface area contributed by atoms with Crippen LogP contribution in [0.25, 0.3) is 0 Å². The molecule has 6 heteroatoms. The third kappa shape index (κ3) is 10.4. The Kier molecular flexibility index (Phi) is 10.8. The molecule has 1 unspecified atom stereocenters. The lowest BCUT2D eigenvalue weighted by molar-refractivity contribution is -0.143. The van der Waals surface area contributed by atoms with Crippen LogP contribution in [-0.2, 0) is 20.7 Å². The van der Waals surface area contributed by atoms with Gasteiger partial charge in [-0.1, -0.05) is 38.1 Å². The zero-order valence-corrected chi connectivity index (χ0v) is 16.7. The number of nitrogens with one attached hydrogen (secondary N) is 1. The maximum atomic E-state index is 12.2. The van der Waals surface area contributed by atoms with Crippen molar-refractivity contribution in [1.29, 1.82) is 0 Å². The Morgan fingerprint density at radius 3 is 2.52 bits per heavy atom. The Morgan fingerprint density at radius 2 is 1.93 bits per heavy atom. The molecule has 0 heterocycles. The fraction of sp³-hybridized carbons (Fsp3) is 0.571. The van der Waals surface area contributed by atoms with Crippen molar-refractivity contribution in [1.82, 2.24) is 5.32 Å². The van der Waals surface area contributed by atoms with E-state index in [9.17, 15) is 9.59 Å². The number of ether oxygens (including phenoxy) is 1. The maximum absolute atomic E-state index is 12.2. The van der Waals surface area contributed by atoms with Gasteiger partial charge < -0.3 is 15.9 Å². The number of nitrogens with two attached hydrogens (primary N) is 1. The summed E-state index contributed by atoms with van der Waals surface area (Å²) < 4.78 is 5.00. The van der Waals surface area contributed by atoms with Crippen LogP contribution in [0.3, 0.4) is 0 Å². The van der Waals surface area contributed by atoms with Crippen LogP contribution >= 0.6 is 0 Å². The van der Waals surface area contributed by atoms with E-state index in [2.05, 4.69) is 36.4 Å². The summed E-state index contributed by atoms with van der Waals surface area (Å²) in [6.07, 6.45) is 5.74. The molecule has 27 heavy (non-hydrogen) atoms. The number of hydrogen-bond acceptors (Lipinski definition) is 5. The first-order valence-corrected chi connectivity index (χ1v) is 9.71. The van der Waals surface area contributed by atoms with E-state index < -0.39 is 0 Å². The van der Waals surface area contributed by atoms with Crippen molar-refractivity contribution in [3.8, 4) is 0 Å². The molecule has 3 N–H and O–H groups in total. The van der Waals surface area contributed by atoms with Crippen LogP contribution in [0.1, 0.15) is 64.0 Å². The van der Waals surface area contributed by atoms with Gasteiger partial charge in [0, 0.05) is 12.5 Å². The topological polar surface area (TPSA) is 93.8 Å². The van der Waals surface area contributed by atoms with Crippen molar-refractivity contribution < 1.29 is 14.3 Å². The first-order valence-electron chi connectivity index (χ1n) is 9.71. The number of esters is 1. The number of rotatable bonds is 12. The number of unbranched alkanes of at least 4 members (excludes halogenated alkanes) is 1. The highest BCUT2D eigenvalue weighted by atomic mass is 16.5. The quantitative estimate of drug-likeness (QED) is 0.193. The maximum Gasteiger partial charge on any atom is 0.307 e. The van der Waals surface area contributed by atoms with Crippen molar-refractivity contribution >= 4 is 18.1 Å². The molecule has 150 valence electrons. The fourth-order valence-electron chi connectivity index (χ4n) is 2.95. The van der Waals surface area contributed by atoms with Crippen LogP contribution < -0.4 is 11.2 Å². The monoisotopic (exact) mass is 375 g/mol. The van der Waals surface area contributed by atoms with Gasteiger partial charge in [0.05, 0.1) is 19.2 Å². The Hall–Kier alpha value is -2.37. The lowest BCUT2D eigenvalue weighted by atomic mass is 10.0. The number of hydrogen-bond donors (Lipinski definition) is 2. The van der Waals surface area contributed by atoms with E-state index >= 15 is 0 Å². The molecule has 1 rings (SSSR count). The fourth-order valence-corrected chi connectivity index (χ4v) is 2.95. The van der Waals surface area contributed by atoms with Crippen LogP contribution in [0.4, 0.5) is 0 Å². The van der Waals surface area contributed by atoms with Crippen LogP contribution in [0, 0.1) is 5.92 Å². The molecular formula is C21H33N3O3. The van der Waals surface area contributed by atoms with E-state index in [1.54, 1.807) is 13.1 Å². The van der Waals surface area contributed by atoms with E-state index in [0.29, 0.717) is 18.9 Å². The van der Waals surface area contributed by atoms with Crippen LogP contribution in [0.5, 0.6) is 0 Å². The second kappa shape index (κ2) is 12.9. The molecule has 0 saturated heterocycles. The smallest absolute Gasteiger partial charge is 0.307 e. The number of carbonyl (C=O) groups is 2. The predicted octanol–water partition coefficient (Wildman–Crippen LogP) is 3.18. The van der Waals surface area contributed by atoms with Gasteiger partial charge in [0.1, 0.15) is 0 Å². The van der Waals surface area contributed by atoms with Gasteiger partial charge in [-0.15, -0.1) is 0 Å². The molecule has 1 aromatic rings. The molecule has 0 fully saturated rings. The molecule has 0 aliphatic rings. The van der Waals surface area contributed by atoms with E-state index in [4.69, 9.17) is 10.6 Å². The van der Waals surface area contributed by atoms with Crippen molar-refractivity contribution in [3.05, 3.63) is 35.4 Å². The van der Waals surface area contributed by atoms with Gasteiger partial charge in [0.25, 0.3) is 0 Å². The Morgan fingerprint density at radius 1 is 1.22 bits per heavy atom. The SMILES string of the molecule is CCOC(=O)CC(CC(C)C)NC(=O)CCCCc1ccc(C=NN)cc1. The minimum Gasteiger partial charge on any atom is -0.466 e. The molecule has 0 aliphatic carbocycles. The summed E-state index contributed by atoms with van der Waals surface area (Å²) in [5, 5.41) is 6.49. The summed E-state index contributed by atoms with van der Waals surface area (Å²) in [4.78, 5) is 23.9. The highest BCUT2D eigenvalue weighted by Crippen LogP contribution is 2.11. The van der Waals surface area contributed by atoms with Gasteiger partial charge in [-0.2, -0.15) is 5.10 Å². The van der Waals surface area contributed by atoms with Crippen molar-refractivity contribution in [2.75, 3.05) is 6.61 Å². The molecule has 0 aromatic heterocycles. The van der Waals surface area contributed by atoms with Crippen LogP contribution in [0.15, 0.2) is 29.4 Å². The second-order valence-electron chi connectivity index (χ2n) is 7.13. The molecule has 0 bridgehead atoms. The average Bonchev–Trinajstić information content (AvgIpc) is 2.60. The molecule has 0 aliphatic heterocycles. The van der Waals surface area contributed by atoms with E-state index in [0.717, 1.165) is 31.2 Å². The van der Waals surface area contributed by atoms with E-state index in [1.807, 2.05) is 12.1 Å². The van der Waals surface area contributed by atoms with Crippen molar-refractivity contribution in [2.24, 2.45) is 16.9 Å². The molecule has 1 aromatic carbocycles. The lowest BCUT2D eigenvalue weighted by Crippen LogP contribution is -2.37. The number of aryl methyl sites for hydroxylation is 1.